The summed E-state index contributed by atoms with van der Waals surface area (Å²) in [5.74, 6) is 0.594. The molecule has 0 aliphatic carbocycles. The molecule has 2 heterocycles. The third-order valence-corrected chi connectivity index (χ3v) is 3.83. The second-order valence-electron chi connectivity index (χ2n) is 5.46. The second-order valence-corrected chi connectivity index (χ2v) is 5.46. The van der Waals surface area contributed by atoms with E-state index >= 15 is 0 Å². The van der Waals surface area contributed by atoms with Crippen LogP contribution in [0.15, 0.2) is 0 Å². The van der Waals surface area contributed by atoms with Gasteiger partial charge >= 0.3 is 6.03 Å². The summed E-state index contributed by atoms with van der Waals surface area (Å²) in [7, 11) is 0. The van der Waals surface area contributed by atoms with Crippen LogP contribution in [0.25, 0.3) is 0 Å². The van der Waals surface area contributed by atoms with Crippen LogP contribution in [0.5, 0.6) is 0 Å². The molecule has 0 aromatic carbocycles. The summed E-state index contributed by atoms with van der Waals surface area (Å²) in [5, 5.41) is 12.8. The van der Waals surface area contributed by atoms with Gasteiger partial charge in [-0.3, -0.25) is 0 Å². The van der Waals surface area contributed by atoms with E-state index in [0.29, 0.717) is 5.92 Å². The fraction of sp³-hybridized carbons (Fsp3) is 0.923. The molecule has 2 unspecified atom stereocenters. The summed E-state index contributed by atoms with van der Waals surface area (Å²) in [6.07, 6.45) is 5.95. The summed E-state index contributed by atoms with van der Waals surface area (Å²) in [6, 6.07) is 0.284. The molecule has 5 nitrogen and oxygen atoms in total. The fourth-order valence-corrected chi connectivity index (χ4v) is 2.71. The maximum absolute atomic E-state index is 11.8. The van der Waals surface area contributed by atoms with Gasteiger partial charge in [-0.1, -0.05) is 6.42 Å². The molecule has 18 heavy (non-hydrogen) atoms. The lowest BCUT2D eigenvalue weighted by Gasteiger charge is -2.24. The van der Waals surface area contributed by atoms with Crippen LogP contribution in [0.4, 0.5) is 4.79 Å². The molecular weight excluding hydrogens is 228 g/mol. The number of piperidine rings is 1. The summed E-state index contributed by atoms with van der Waals surface area (Å²) in [5.41, 5.74) is 0. The van der Waals surface area contributed by atoms with E-state index < -0.39 is 0 Å². The number of rotatable bonds is 3. The first kappa shape index (κ1) is 13.6. The van der Waals surface area contributed by atoms with Crippen molar-refractivity contribution >= 4 is 6.03 Å². The molecule has 104 valence electrons. The SMILES string of the molecule is O=C(NCC1CCCNC1)NC1CCCCNC1. The monoisotopic (exact) mass is 254 g/mol. The minimum atomic E-state index is -0.00530. The van der Waals surface area contributed by atoms with Crippen molar-refractivity contribution in [1.82, 2.24) is 21.3 Å². The van der Waals surface area contributed by atoms with E-state index in [4.69, 9.17) is 0 Å². The van der Waals surface area contributed by atoms with Crippen LogP contribution in [-0.2, 0) is 0 Å². The van der Waals surface area contributed by atoms with Crippen LogP contribution in [0.2, 0.25) is 0 Å². The van der Waals surface area contributed by atoms with E-state index in [2.05, 4.69) is 21.3 Å². The Bertz CT molecular complexity index is 245. The Balaban J connectivity index is 1.61. The van der Waals surface area contributed by atoms with E-state index in [0.717, 1.165) is 39.1 Å². The van der Waals surface area contributed by atoms with Gasteiger partial charge in [0.25, 0.3) is 0 Å². The topological polar surface area (TPSA) is 65.2 Å². The molecule has 2 rings (SSSR count). The van der Waals surface area contributed by atoms with Crippen molar-refractivity contribution < 1.29 is 4.79 Å². The second kappa shape index (κ2) is 7.59. The van der Waals surface area contributed by atoms with Gasteiger partial charge in [-0.2, -0.15) is 0 Å². The lowest BCUT2D eigenvalue weighted by molar-refractivity contribution is 0.232. The van der Waals surface area contributed by atoms with Crippen LogP contribution in [0.3, 0.4) is 0 Å². The zero-order chi connectivity index (χ0) is 12.6. The Morgan fingerprint density at radius 2 is 1.89 bits per heavy atom. The van der Waals surface area contributed by atoms with E-state index in [1.807, 2.05) is 0 Å². The minimum absolute atomic E-state index is 0.00530. The van der Waals surface area contributed by atoms with Crippen molar-refractivity contribution in [2.24, 2.45) is 5.92 Å². The predicted octanol–water partition coefficient (Wildman–Crippen LogP) is 0.427. The maximum Gasteiger partial charge on any atom is 0.315 e. The van der Waals surface area contributed by atoms with Crippen molar-refractivity contribution in [2.75, 3.05) is 32.7 Å². The van der Waals surface area contributed by atoms with Crippen molar-refractivity contribution in [3.8, 4) is 0 Å². The van der Waals surface area contributed by atoms with E-state index in [-0.39, 0.29) is 12.1 Å². The summed E-state index contributed by atoms with van der Waals surface area (Å²) >= 11 is 0. The predicted molar refractivity (Wildman–Crippen MR) is 72.6 cm³/mol. The lowest BCUT2D eigenvalue weighted by Crippen LogP contribution is -2.48. The Kier molecular flexibility index (Phi) is 5.74. The van der Waals surface area contributed by atoms with Gasteiger partial charge in [0.05, 0.1) is 0 Å². The fourth-order valence-electron chi connectivity index (χ4n) is 2.71. The maximum atomic E-state index is 11.8. The van der Waals surface area contributed by atoms with Crippen LogP contribution >= 0.6 is 0 Å². The van der Waals surface area contributed by atoms with Gasteiger partial charge in [0.1, 0.15) is 0 Å². The standard InChI is InChI=1S/C13H26N4O/c18-13(16-9-11-4-3-7-14-8-11)17-12-5-1-2-6-15-10-12/h11-12,14-15H,1-10H2,(H2,16,17,18). The first-order valence-electron chi connectivity index (χ1n) is 7.30. The molecule has 4 N–H and O–H groups in total. The number of hydrogen-bond acceptors (Lipinski definition) is 3. The molecule has 2 aliphatic rings. The number of hydrogen-bond donors (Lipinski definition) is 4. The molecule has 0 saturated carbocycles. The van der Waals surface area contributed by atoms with Crippen LogP contribution in [0.1, 0.15) is 32.1 Å². The molecule has 2 fully saturated rings. The smallest absolute Gasteiger partial charge is 0.315 e. The highest BCUT2D eigenvalue weighted by molar-refractivity contribution is 5.74. The highest BCUT2D eigenvalue weighted by Crippen LogP contribution is 2.08. The Morgan fingerprint density at radius 1 is 1.06 bits per heavy atom. The molecule has 5 heteroatoms. The molecule has 0 aromatic heterocycles. The molecule has 2 atom stereocenters. The molecular formula is C13H26N4O. The molecule has 0 radical (unpaired) electrons. The highest BCUT2D eigenvalue weighted by Gasteiger charge is 2.16. The van der Waals surface area contributed by atoms with Gasteiger partial charge in [-0.05, 0) is 51.2 Å². The summed E-state index contributed by atoms with van der Waals surface area (Å²) < 4.78 is 0. The van der Waals surface area contributed by atoms with E-state index in [9.17, 15) is 4.79 Å². The minimum Gasteiger partial charge on any atom is -0.338 e. The van der Waals surface area contributed by atoms with Crippen LogP contribution < -0.4 is 21.3 Å². The molecule has 0 bridgehead atoms. The Morgan fingerprint density at radius 3 is 2.72 bits per heavy atom. The van der Waals surface area contributed by atoms with Crippen LogP contribution in [0, 0.1) is 5.92 Å². The van der Waals surface area contributed by atoms with Gasteiger partial charge in [0.15, 0.2) is 0 Å². The quantitative estimate of drug-likeness (QED) is 0.590. The van der Waals surface area contributed by atoms with Gasteiger partial charge in [0.2, 0.25) is 0 Å². The Hall–Kier alpha value is -0.810. The molecule has 2 aliphatic heterocycles. The van der Waals surface area contributed by atoms with Crippen molar-refractivity contribution in [3.05, 3.63) is 0 Å². The first-order chi connectivity index (χ1) is 8.84. The number of amides is 2. The van der Waals surface area contributed by atoms with Gasteiger partial charge in [0, 0.05) is 19.1 Å². The summed E-state index contributed by atoms with van der Waals surface area (Å²) in [4.78, 5) is 11.8. The number of carbonyl (C=O) groups is 1. The average molecular weight is 254 g/mol. The van der Waals surface area contributed by atoms with Crippen molar-refractivity contribution in [1.29, 1.82) is 0 Å². The molecule has 0 aromatic rings. The van der Waals surface area contributed by atoms with Crippen LogP contribution in [-0.4, -0.2) is 44.8 Å². The summed E-state index contributed by atoms with van der Waals surface area (Å²) in [6.45, 7) is 4.92. The first-order valence-corrected chi connectivity index (χ1v) is 7.30. The van der Waals surface area contributed by atoms with Crippen molar-refractivity contribution in [2.45, 2.75) is 38.1 Å². The zero-order valence-electron chi connectivity index (χ0n) is 11.1. The third kappa shape index (κ3) is 4.82. The van der Waals surface area contributed by atoms with E-state index in [1.54, 1.807) is 0 Å². The largest absolute Gasteiger partial charge is 0.338 e. The molecule has 2 amide bonds. The zero-order valence-corrected chi connectivity index (χ0v) is 11.1. The van der Waals surface area contributed by atoms with Gasteiger partial charge < -0.3 is 21.3 Å². The molecule has 0 spiro atoms. The number of carbonyl (C=O) groups excluding carboxylic acids is 1. The average Bonchev–Trinajstić information content (AvgIpc) is 2.66. The third-order valence-electron chi connectivity index (χ3n) is 3.83. The van der Waals surface area contributed by atoms with Gasteiger partial charge in [-0.25, -0.2) is 4.79 Å². The Labute approximate surface area is 109 Å². The van der Waals surface area contributed by atoms with Crippen molar-refractivity contribution in [3.63, 3.8) is 0 Å². The lowest BCUT2D eigenvalue weighted by atomic mass is 10.00. The number of urea groups is 1. The highest BCUT2D eigenvalue weighted by atomic mass is 16.2. The number of nitrogens with one attached hydrogen (secondary N) is 4. The van der Waals surface area contributed by atoms with E-state index in [1.165, 1.54) is 25.7 Å². The molecule has 2 saturated heterocycles. The normalized spacial score (nSPS) is 29.3. The van der Waals surface area contributed by atoms with Gasteiger partial charge in [-0.15, -0.1) is 0 Å².